The summed E-state index contributed by atoms with van der Waals surface area (Å²) in [5, 5.41) is 0. The fourth-order valence-corrected chi connectivity index (χ4v) is 5.74. The van der Waals surface area contributed by atoms with E-state index in [0.29, 0.717) is 65.4 Å². The second-order valence-electron chi connectivity index (χ2n) is 8.68. The van der Waals surface area contributed by atoms with Gasteiger partial charge in [-0.3, -0.25) is 9.59 Å². The summed E-state index contributed by atoms with van der Waals surface area (Å²) in [7, 11) is 1.54. The quantitative estimate of drug-likeness (QED) is 0.402. The molecule has 3 aliphatic rings. The number of halogens is 2. The van der Waals surface area contributed by atoms with E-state index < -0.39 is 5.92 Å². The molecule has 5 rings (SSSR count). The maximum atomic E-state index is 14.1. The van der Waals surface area contributed by atoms with Crippen molar-refractivity contribution in [2.45, 2.75) is 51.0 Å². The predicted octanol–water partition coefficient (Wildman–Crippen LogP) is 6.15. The number of allylic oxidation sites excluding steroid dienone is 4. The van der Waals surface area contributed by atoms with E-state index in [1.165, 1.54) is 6.07 Å². The van der Waals surface area contributed by atoms with E-state index in [0.717, 1.165) is 22.0 Å². The van der Waals surface area contributed by atoms with Crippen LogP contribution in [0.25, 0.3) is 0 Å². The second kappa shape index (κ2) is 9.52. The molecular weight excluding hydrogens is 550 g/mol. The molecule has 0 atom stereocenters. The molecule has 176 valence electrons. The van der Waals surface area contributed by atoms with Crippen LogP contribution in [0.15, 0.2) is 59.1 Å². The Hall–Kier alpha value is -2.68. The van der Waals surface area contributed by atoms with Gasteiger partial charge in [-0.25, -0.2) is 4.39 Å². The molecule has 0 unspecified atom stereocenters. The lowest BCUT2D eigenvalue weighted by Gasteiger charge is -2.36. The summed E-state index contributed by atoms with van der Waals surface area (Å²) >= 11 is 2.16. The zero-order valence-electron chi connectivity index (χ0n) is 18.8. The van der Waals surface area contributed by atoms with Gasteiger partial charge in [0.1, 0.15) is 23.9 Å². The fraction of sp³-hybridized carbons (Fsp3) is 0.333. The van der Waals surface area contributed by atoms with Crippen LogP contribution in [-0.2, 0) is 20.9 Å². The molecule has 0 radical (unpaired) electrons. The molecule has 0 spiro atoms. The number of carbonyl (C=O) groups is 2. The van der Waals surface area contributed by atoms with Crippen LogP contribution in [0.5, 0.6) is 11.5 Å². The van der Waals surface area contributed by atoms with E-state index in [4.69, 9.17) is 14.2 Å². The van der Waals surface area contributed by atoms with Gasteiger partial charge in [-0.2, -0.15) is 0 Å². The molecule has 0 amide bonds. The summed E-state index contributed by atoms with van der Waals surface area (Å²) in [4.78, 5) is 26.1. The molecule has 0 bridgehead atoms. The van der Waals surface area contributed by atoms with Crippen molar-refractivity contribution in [1.82, 2.24) is 0 Å². The lowest BCUT2D eigenvalue weighted by molar-refractivity contribution is -0.117. The van der Waals surface area contributed by atoms with E-state index in [-0.39, 0.29) is 24.0 Å². The van der Waals surface area contributed by atoms with Gasteiger partial charge in [0.15, 0.2) is 23.1 Å². The number of methoxy groups -OCH3 is 1. The van der Waals surface area contributed by atoms with E-state index in [2.05, 4.69) is 22.6 Å². The molecule has 0 saturated carbocycles. The van der Waals surface area contributed by atoms with Gasteiger partial charge >= 0.3 is 0 Å². The average molecular weight is 574 g/mol. The monoisotopic (exact) mass is 574 g/mol. The Morgan fingerprint density at radius 3 is 2.26 bits per heavy atom. The van der Waals surface area contributed by atoms with Gasteiger partial charge in [0.2, 0.25) is 0 Å². The van der Waals surface area contributed by atoms with E-state index in [9.17, 15) is 14.0 Å². The molecule has 34 heavy (non-hydrogen) atoms. The van der Waals surface area contributed by atoms with Gasteiger partial charge in [-0.1, -0.05) is 18.2 Å². The van der Waals surface area contributed by atoms with Crippen molar-refractivity contribution in [3.63, 3.8) is 0 Å². The standard InChI is InChI=1S/C27H24FIO5/c1-32-23-13-16(12-18(29)27(23)33-14-15-6-2-3-7-17(15)28)24-25-19(30)8-4-10-21(25)34-22-11-5-9-20(31)26(22)24/h2-3,6-7,12-13,24H,4-5,8-11,14H2,1H3. The third-order valence-corrected chi connectivity index (χ3v) is 7.36. The van der Waals surface area contributed by atoms with Crippen LogP contribution in [0.4, 0.5) is 4.39 Å². The molecule has 0 saturated heterocycles. The Kier molecular flexibility index (Phi) is 6.46. The second-order valence-corrected chi connectivity index (χ2v) is 9.84. The smallest absolute Gasteiger partial charge is 0.174 e. The minimum atomic E-state index is -0.470. The van der Waals surface area contributed by atoms with E-state index >= 15 is 0 Å². The molecule has 2 aromatic rings. The Morgan fingerprint density at radius 1 is 1.00 bits per heavy atom. The average Bonchev–Trinajstić information content (AvgIpc) is 2.83. The number of hydrogen-bond donors (Lipinski definition) is 0. The van der Waals surface area contributed by atoms with E-state index in [1.807, 2.05) is 12.1 Å². The van der Waals surface area contributed by atoms with Gasteiger partial charge in [0.25, 0.3) is 0 Å². The summed E-state index contributed by atoms with van der Waals surface area (Å²) < 4.78 is 32.6. The van der Waals surface area contributed by atoms with Gasteiger partial charge in [-0.15, -0.1) is 0 Å². The van der Waals surface area contributed by atoms with Gasteiger partial charge < -0.3 is 14.2 Å². The molecular formula is C27H24FIO5. The highest BCUT2D eigenvalue weighted by Gasteiger charge is 2.42. The molecule has 1 aliphatic heterocycles. The van der Waals surface area contributed by atoms with Crippen LogP contribution in [0, 0.1) is 9.39 Å². The highest BCUT2D eigenvalue weighted by molar-refractivity contribution is 14.1. The highest BCUT2D eigenvalue weighted by Crippen LogP contribution is 2.49. The number of carbonyl (C=O) groups excluding carboxylic acids is 2. The first kappa shape index (κ1) is 23.1. The van der Waals surface area contributed by atoms with Crippen LogP contribution in [0.2, 0.25) is 0 Å². The normalized spacial score (nSPS) is 18.4. The first-order valence-electron chi connectivity index (χ1n) is 11.4. The SMILES string of the molecule is COc1cc(C2C3=C(CCCC3=O)OC3=C2C(=O)CCC3)cc(I)c1OCc1ccccc1F. The van der Waals surface area contributed by atoms with Crippen molar-refractivity contribution in [3.05, 3.63) is 79.6 Å². The van der Waals surface area contributed by atoms with E-state index in [1.54, 1.807) is 25.3 Å². The van der Waals surface area contributed by atoms with Crippen molar-refractivity contribution in [3.8, 4) is 11.5 Å². The molecule has 5 nitrogen and oxygen atoms in total. The molecule has 2 aliphatic carbocycles. The highest BCUT2D eigenvalue weighted by atomic mass is 127. The Balaban J connectivity index is 1.57. The lowest BCUT2D eigenvalue weighted by atomic mass is 9.73. The molecule has 2 aromatic carbocycles. The van der Waals surface area contributed by atoms with Crippen molar-refractivity contribution < 1.29 is 28.2 Å². The number of hydrogen-bond acceptors (Lipinski definition) is 5. The Morgan fingerprint density at radius 2 is 1.65 bits per heavy atom. The summed E-state index contributed by atoms with van der Waals surface area (Å²) in [6.45, 7) is 0.0528. The molecule has 0 N–H and O–H groups in total. The third kappa shape index (κ3) is 4.15. The first-order valence-corrected chi connectivity index (χ1v) is 12.5. The number of rotatable bonds is 5. The Labute approximate surface area is 211 Å². The fourth-order valence-electron chi connectivity index (χ4n) is 4.96. The number of benzene rings is 2. The van der Waals surface area contributed by atoms with Crippen LogP contribution in [-0.4, -0.2) is 18.7 Å². The number of ketones is 2. The molecule has 7 heteroatoms. The van der Waals surface area contributed by atoms with Crippen molar-refractivity contribution in [1.29, 1.82) is 0 Å². The maximum Gasteiger partial charge on any atom is 0.174 e. The summed E-state index contributed by atoms with van der Waals surface area (Å²) in [6, 6.07) is 10.2. The summed E-state index contributed by atoms with van der Waals surface area (Å²) in [6.07, 6.45) is 3.80. The van der Waals surface area contributed by atoms with Crippen molar-refractivity contribution in [2.75, 3.05) is 7.11 Å². The maximum absolute atomic E-state index is 14.1. The number of ether oxygens (including phenoxy) is 3. The Bertz CT molecular complexity index is 1200. The molecule has 1 heterocycles. The van der Waals surface area contributed by atoms with Crippen molar-refractivity contribution >= 4 is 34.2 Å². The molecule has 0 aromatic heterocycles. The zero-order chi connectivity index (χ0) is 23.8. The minimum absolute atomic E-state index is 0.0324. The lowest BCUT2D eigenvalue weighted by Crippen LogP contribution is -2.30. The van der Waals surface area contributed by atoms with Gasteiger partial charge in [0, 0.05) is 48.3 Å². The van der Waals surface area contributed by atoms with Crippen LogP contribution < -0.4 is 9.47 Å². The zero-order valence-corrected chi connectivity index (χ0v) is 20.9. The number of Topliss-reactive ketones (excluding diaryl/α,β-unsaturated/α-hetero) is 2. The van der Waals surface area contributed by atoms with Gasteiger partial charge in [-0.05, 0) is 59.2 Å². The van der Waals surface area contributed by atoms with Crippen LogP contribution >= 0.6 is 22.6 Å². The largest absolute Gasteiger partial charge is 0.493 e. The summed E-state index contributed by atoms with van der Waals surface area (Å²) in [5.41, 5.74) is 2.43. The van der Waals surface area contributed by atoms with Gasteiger partial charge in [0.05, 0.1) is 10.7 Å². The topological polar surface area (TPSA) is 61.8 Å². The third-order valence-electron chi connectivity index (χ3n) is 6.56. The van der Waals surface area contributed by atoms with Crippen LogP contribution in [0.1, 0.15) is 55.6 Å². The minimum Gasteiger partial charge on any atom is -0.493 e. The molecule has 0 fully saturated rings. The summed E-state index contributed by atoms with van der Waals surface area (Å²) in [5.74, 6) is 1.63. The van der Waals surface area contributed by atoms with Crippen molar-refractivity contribution in [2.24, 2.45) is 0 Å². The first-order chi connectivity index (χ1) is 16.5. The van der Waals surface area contributed by atoms with Crippen LogP contribution in [0.3, 0.4) is 0 Å². The predicted molar refractivity (Wildman–Crippen MR) is 132 cm³/mol.